The van der Waals surface area contributed by atoms with Crippen molar-refractivity contribution >= 4 is 17.9 Å². The van der Waals surface area contributed by atoms with Gasteiger partial charge in [0, 0.05) is 32.1 Å². The van der Waals surface area contributed by atoms with Crippen LogP contribution in [0.5, 0.6) is 0 Å². The molecule has 0 bridgehead atoms. The third-order valence-corrected chi connectivity index (χ3v) is 3.66. The van der Waals surface area contributed by atoms with E-state index in [2.05, 4.69) is 10.6 Å². The van der Waals surface area contributed by atoms with Gasteiger partial charge in [0.2, 0.25) is 11.8 Å². The summed E-state index contributed by atoms with van der Waals surface area (Å²) in [6, 6.07) is -0.0724. The van der Waals surface area contributed by atoms with Crippen LogP contribution in [0, 0.1) is 5.92 Å². The summed E-state index contributed by atoms with van der Waals surface area (Å²) in [6.07, 6.45) is 1.51. The van der Waals surface area contributed by atoms with E-state index >= 15 is 0 Å². The highest BCUT2D eigenvalue weighted by atomic mass is 16.5. The van der Waals surface area contributed by atoms with Crippen molar-refractivity contribution in [1.82, 2.24) is 15.5 Å². The van der Waals surface area contributed by atoms with Gasteiger partial charge in [-0.3, -0.25) is 9.59 Å². The van der Waals surface area contributed by atoms with Crippen molar-refractivity contribution in [3.63, 3.8) is 0 Å². The summed E-state index contributed by atoms with van der Waals surface area (Å²) >= 11 is 0. The van der Waals surface area contributed by atoms with Crippen molar-refractivity contribution in [1.29, 1.82) is 0 Å². The van der Waals surface area contributed by atoms with Crippen LogP contribution in [0.1, 0.15) is 26.2 Å². The summed E-state index contributed by atoms with van der Waals surface area (Å²) < 4.78 is 4.85. The van der Waals surface area contributed by atoms with Crippen LogP contribution in [0.4, 0.5) is 4.79 Å². The SMILES string of the molecule is CCOC(=O)NC1CCCN(C(=O)C2CNC(=O)C2)C1. The number of rotatable bonds is 3. The van der Waals surface area contributed by atoms with Gasteiger partial charge < -0.3 is 20.3 Å². The van der Waals surface area contributed by atoms with Crippen LogP contribution in [0.15, 0.2) is 0 Å². The van der Waals surface area contributed by atoms with E-state index in [-0.39, 0.29) is 30.2 Å². The van der Waals surface area contributed by atoms with Crippen LogP contribution in [0.25, 0.3) is 0 Å². The average molecular weight is 283 g/mol. The summed E-state index contributed by atoms with van der Waals surface area (Å²) in [5, 5.41) is 5.44. The molecule has 7 nitrogen and oxygen atoms in total. The van der Waals surface area contributed by atoms with Gasteiger partial charge in [-0.25, -0.2) is 4.79 Å². The molecule has 2 fully saturated rings. The predicted molar refractivity (Wildman–Crippen MR) is 70.9 cm³/mol. The number of likely N-dealkylation sites (tertiary alicyclic amines) is 1. The highest BCUT2D eigenvalue weighted by Crippen LogP contribution is 2.17. The molecule has 2 aliphatic rings. The van der Waals surface area contributed by atoms with Crippen LogP contribution in [-0.4, -0.2) is 55.1 Å². The van der Waals surface area contributed by atoms with E-state index in [1.807, 2.05) is 0 Å². The van der Waals surface area contributed by atoms with Gasteiger partial charge >= 0.3 is 6.09 Å². The zero-order chi connectivity index (χ0) is 14.5. The highest BCUT2D eigenvalue weighted by Gasteiger charge is 2.33. The maximum absolute atomic E-state index is 12.3. The van der Waals surface area contributed by atoms with E-state index in [4.69, 9.17) is 4.74 Å². The molecule has 2 aliphatic heterocycles. The van der Waals surface area contributed by atoms with Gasteiger partial charge in [-0.1, -0.05) is 0 Å². The number of carbonyl (C=O) groups excluding carboxylic acids is 3. The molecule has 0 aliphatic carbocycles. The largest absolute Gasteiger partial charge is 0.450 e. The van der Waals surface area contributed by atoms with E-state index < -0.39 is 6.09 Å². The lowest BCUT2D eigenvalue weighted by molar-refractivity contribution is -0.137. The van der Waals surface area contributed by atoms with Crippen molar-refractivity contribution in [2.45, 2.75) is 32.2 Å². The zero-order valence-corrected chi connectivity index (χ0v) is 11.7. The molecule has 20 heavy (non-hydrogen) atoms. The van der Waals surface area contributed by atoms with Crippen LogP contribution in [-0.2, 0) is 14.3 Å². The maximum Gasteiger partial charge on any atom is 0.407 e. The minimum absolute atomic E-state index is 0.00120. The van der Waals surface area contributed by atoms with Crippen molar-refractivity contribution in [3.05, 3.63) is 0 Å². The molecule has 0 radical (unpaired) electrons. The Balaban J connectivity index is 1.85. The Morgan fingerprint density at radius 1 is 1.50 bits per heavy atom. The molecule has 0 aromatic carbocycles. The van der Waals surface area contributed by atoms with E-state index in [1.165, 1.54) is 0 Å². The second kappa shape index (κ2) is 6.58. The average Bonchev–Trinajstić information content (AvgIpc) is 2.85. The number of carbonyl (C=O) groups is 3. The normalized spacial score (nSPS) is 26.1. The van der Waals surface area contributed by atoms with Crippen LogP contribution in [0.3, 0.4) is 0 Å². The van der Waals surface area contributed by atoms with Gasteiger partial charge in [0.25, 0.3) is 0 Å². The fraction of sp³-hybridized carbons (Fsp3) is 0.769. The molecule has 0 aromatic rings. The lowest BCUT2D eigenvalue weighted by atomic mass is 10.0. The topological polar surface area (TPSA) is 87.7 Å². The van der Waals surface area contributed by atoms with Gasteiger partial charge in [-0.2, -0.15) is 0 Å². The van der Waals surface area contributed by atoms with Crippen molar-refractivity contribution in [2.24, 2.45) is 5.92 Å². The number of nitrogens with one attached hydrogen (secondary N) is 2. The van der Waals surface area contributed by atoms with E-state index in [1.54, 1.807) is 11.8 Å². The zero-order valence-electron chi connectivity index (χ0n) is 11.7. The quantitative estimate of drug-likeness (QED) is 0.754. The van der Waals surface area contributed by atoms with E-state index in [9.17, 15) is 14.4 Å². The highest BCUT2D eigenvalue weighted by molar-refractivity contribution is 5.89. The summed E-state index contributed by atoms with van der Waals surface area (Å²) in [4.78, 5) is 36.6. The summed E-state index contributed by atoms with van der Waals surface area (Å²) in [5.74, 6) is -0.330. The van der Waals surface area contributed by atoms with E-state index in [0.717, 1.165) is 12.8 Å². The first-order valence-electron chi connectivity index (χ1n) is 7.09. The molecular formula is C13H21N3O4. The van der Waals surface area contributed by atoms with Crippen LogP contribution in [0.2, 0.25) is 0 Å². The van der Waals surface area contributed by atoms with Crippen molar-refractivity contribution in [3.8, 4) is 0 Å². The molecule has 2 unspecified atom stereocenters. The second-order valence-corrected chi connectivity index (χ2v) is 5.19. The molecule has 112 valence electrons. The Bertz CT molecular complexity index is 399. The van der Waals surface area contributed by atoms with Gasteiger partial charge in [0.15, 0.2) is 0 Å². The molecule has 2 N–H and O–H groups in total. The van der Waals surface area contributed by atoms with Gasteiger partial charge in [0.05, 0.1) is 12.5 Å². The molecule has 2 atom stereocenters. The van der Waals surface area contributed by atoms with Gasteiger partial charge in [0.1, 0.15) is 0 Å². The lowest BCUT2D eigenvalue weighted by Gasteiger charge is -2.34. The minimum atomic E-state index is -0.440. The Hall–Kier alpha value is -1.79. The van der Waals surface area contributed by atoms with Gasteiger partial charge in [-0.15, -0.1) is 0 Å². The van der Waals surface area contributed by atoms with Crippen molar-refractivity contribution < 1.29 is 19.1 Å². The summed E-state index contributed by atoms with van der Waals surface area (Å²) in [7, 11) is 0. The Morgan fingerprint density at radius 2 is 2.30 bits per heavy atom. The Labute approximate surface area is 118 Å². The standard InChI is InChI=1S/C13H21N3O4/c1-2-20-13(19)15-10-4-3-5-16(8-10)12(18)9-6-11(17)14-7-9/h9-10H,2-8H2,1H3,(H,14,17)(H,15,19). The molecule has 0 saturated carbocycles. The van der Waals surface area contributed by atoms with Crippen molar-refractivity contribution in [2.75, 3.05) is 26.2 Å². The number of hydrogen-bond donors (Lipinski definition) is 2. The van der Waals surface area contributed by atoms with Crippen LogP contribution >= 0.6 is 0 Å². The predicted octanol–water partition coefficient (Wildman–Crippen LogP) is -0.140. The third-order valence-electron chi connectivity index (χ3n) is 3.66. The first-order valence-corrected chi connectivity index (χ1v) is 7.09. The number of ether oxygens (including phenoxy) is 1. The number of nitrogens with zero attached hydrogens (tertiary/aromatic N) is 1. The smallest absolute Gasteiger partial charge is 0.407 e. The number of alkyl carbamates (subject to hydrolysis) is 1. The lowest BCUT2D eigenvalue weighted by Crippen LogP contribution is -2.51. The molecule has 3 amide bonds. The molecule has 2 rings (SSSR count). The summed E-state index contributed by atoms with van der Waals surface area (Å²) in [6.45, 7) is 3.68. The first-order chi connectivity index (χ1) is 9.60. The number of amides is 3. The summed E-state index contributed by atoms with van der Waals surface area (Å²) in [5.41, 5.74) is 0. The van der Waals surface area contributed by atoms with Crippen LogP contribution < -0.4 is 10.6 Å². The number of piperidine rings is 1. The molecule has 2 heterocycles. The molecule has 7 heteroatoms. The Kier molecular flexibility index (Phi) is 4.81. The molecular weight excluding hydrogens is 262 g/mol. The minimum Gasteiger partial charge on any atom is -0.450 e. The molecule has 0 aromatic heterocycles. The second-order valence-electron chi connectivity index (χ2n) is 5.19. The van der Waals surface area contributed by atoms with E-state index in [0.29, 0.717) is 26.2 Å². The first kappa shape index (κ1) is 14.6. The number of hydrogen-bond acceptors (Lipinski definition) is 4. The fourth-order valence-electron chi connectivity index (χ4n) is 2.67. The monoisotopic (exact) mass is 283 g/mol. The van der Waals surface area contributed by atoms with Gasteiger partial charge in [-0.05, 0) is 19.8 Å². The molecule has 2 saturated heterocycles. The third kappa shape index (κ3) is 3.61. The Morgan fingerprint density at radius 3 is 2.95 bits per heavy atom. The fourth-order valence-corrected chi connectivity index (χ4v) is 2.67. The maximum atomic E-state index is 12.3. The molecule has 0 spiro atoms.